The van der Waals surface area contributed by atoms with Crippen molar-refractivity contribution in [1.82, 2.24) is 0 Å². The number of benzene rings is 2. The van der Waals surface area contributed by atoms with Crippen LogP contribution in [0.1, 0.15) is 47.0 Å². The number of hydrogen-bond donors (Lipinski definition) is 9. The summed E-state index contributed by atoms with van der Waals surface area (Å²) in [6.07, 6.45) is -17.0. The molecule has 0 aromatic heterocycles. The Morgan fingerprint density at radius 3 is 2.24 bits per heavy atom. The molecular weight excluding hydrogens is 548 g/mol. The van der Waals surface area contributed by atoms with Crippen molar-refractivity contribution in [2.24, 2.45) is 0 Å². The number of aromatic hydroxyl groups is 3. The summed E-state index contributed by atoms with van der Waals surface area (Å²) in [6, 6.07) is 7.02. The van der Waals surface area contributed by atoms with E-state index < -0.39 is 96.8 Å². The predicted molar refractivity (Wildman–Crippen MR) is 134 cm³/mol. The average molecular weight is 581 g/mol. The fraction of sp³-hybridized carbons (Fsp3) is 0.519. The minimum Gasteiger partial charge on any atom is -0.508 e. The van der Waals surface area contributed by atoms with E-state index in [1.54, 1.807) is 12.1 Å². The van der Waals surface area contributed by atoms with Crippen molar-refractivity contribution in [3.63, 3.8) is 0 Å². The van der Waals surface area contributed by atoms with Crippen LogP contribution in [0.4, 0.5) is 0 Å². The fourth-order valence-corrected chi connectivity index (χ4v) is 5.39. The van der Waals surface area contributed by atoms with Crippen molar-refractivity contribution in [2.75, 3.05) is 6.61 Å². The molecule has 0 saturated carbocycles. The zero-order valence-electron chi connectivity index (χ0n) is 21.7. The van der Waals surface area contributed by atoms with Crippen LogP contribution in [-0.2, 0) is 14.2 Å². The Morgan fingerprint density at radius 1 is 0.902 bits per heavy atom. The molecule has 0 aliphatic carbocycles. The molecule has 14 heteroatoms. The van der Waals surface area contributed by atoms with Gasteiger partial charge in [-0.05, 0) is 24.6 Å². The maximum absolute atomic E-state index is 13.2. The van der Waals surface area contributed by atoms with Gasteiger partial charge in [0.1, 0.15) is 83.5 Å². The first kappa shape index (κ1) is 29.4. The van der Waals surface area contributed by atoms with Crippen molar-refractivity contribution in [3.8, 4) is 23.0 Å². The zero-order chi connectivity index (χ0) is 29.7. The minimum atomic E-state index is -1.85. The van der Waals surface area contributed by atoms with Crippen LogP contribution in [0, 0.1) is 0 Å². The van der Waals surface area contributed by atoms with Crippen molar-refractivity contribution in [1.29, 1.82) is 0 Å². The molecule has 3 heterocycles. The van der Waals surface area contributed by atoms with Gasteiger partial charge in [0.15, 0.2) is 12.1 Å². The number of phenolic OH excluding ortho intramolecular Hbond substituents is 3. The van der Waals surface area contributed by atoms with Crippen LogP contribution in [0.2, 0.25) is 0 Å². The van der Waals surface area contributed by atoms with Gasteiger partial charge >= 0.3 is 0 Å². The summed E-state index contributed by atoms with van der Waals surface area (Å²) in [4.78, 5) is 13.2. The van der Waals surface area contributed by atoms with Gasteiger partial charge in [0.2, 0.25) is 0 Å². The standard InChI is InChI=1S/C27H32O14/c1-9-19(32)22(35)24(37)27(38-9)41-26-23(36)20(33)16(8-28)40-25(26)18-13(31)7-15-17(21(18)34)12(30)6-14(39-15)10-2-4-11(29)5-3-10/h2-5,7,9,14,16,19-20,22-29,31-37H,6,8H2,1H3. The average Bonchev–Trinajstić information content (AvgIpc) is 2.93. The molecule has 0 amide bonds. The van der Waals surface area contributed by atoms with E-state index in [-0.39, 0.29) is 23.5 Å². The molecule has 11 atom stereocenters. The normalized spacial score (nSPS) is 37.3. The molecule has 2 saturated heterocycles. The number of Topliss-reactive ketones (excluding diaryl/α,β-unsaturated/α-hetero) is 1. The van der Waals surface area contributed by atoms with E-state index in [2.05, 4.69) is 0 Å². The summed E-state index contributed by atoms with van der Waals surface area (Å²) in [5.41, 5.74) is -0.168. The molecule has 9 N–H and O–H groups in total. The Hall–Kier alpha value is -3.05. The quantitative estimate of drug-likeness (QED) is 0.204. The summed E-state index contributed by atoms with van der Waals surface area (Å²) < 4.78 is 22.8. The largest absolute Gasteiger partial charge is 0.508 e. The lowest BCUT2D eigenvalue weighted by Gasteiger charge is -2.46. The molecule has 0 bridgehead atoms. The van der Waals surface area contributed by atoms with Crippen LogP contribution in [0.25, 0.3) is 0 Å². The number of rotatable bonds is 5. The lowest BCUT2D eigenvalue weighted by Crippen LogP contribution is -2.61. The van der Waals surface area contributed by atoms with E-state index in [0.717, 1.165) is 6.07 Å². The van der Waals surface area contributed by atoms with Gasteiger partial charge in [-0.2, -0.15) is 0 Å². The van der Waals surface area contributed by atoms with Gasteiger partial charge in [-0.15, -0.1) is 0 Å². The molecule has 11 unspecified atom stereocenters. The third-order valence-corrected chi connectivity index (χ3v) is 7.72. The topological polar surface area (TPSA) is 236 Å². The maximum atomic E-state index is 13.2. The molecule has 14 nitrogen and oxygen atoms in total. The minimum absolute atomic E-state index is 0.0141. The smallest absolute Gasteiger partial charge is 0.187 e. The third kappa shape index (κ3) is 5.22. The second-order valence-electron chi connectivity index (χ2n) is 10.4. The number of carbonyl (C=O) groups is 1. The summed E-state index contributed by atoms with van der Waals surface area (Å²) in [5.74, 6) is -2.11. The Balaban J connectivity index is 1.51. The van der Waals surface area contributed by atoms with Gasteiger partial charge in [-0.25, -0.2) is 0 Å². The van der Waals surface area contributed by atoms with Crippen LogP contribution >= 0.6 is 0 Å². The number of hydrogen-bond acceptors (Lipinski definition) is 14. The molecular formula is C27H32O14. The maximum Gasteiger partial charge on any atom is 0.187 e. The molecule has 5 rings (SSSR count). The van der Waals surface area contributed by atoms with Gasteiger partial charge in [0.05, 0.1) is 24.7 Å². The summed E-state index contributed by atoms with van der Waals surface area (Å²) in [5, 5.41) is 93.6. The van der Waals surface area contributed by atoms with Crippen LogP contribution in [0.3, 0.4) is 0 Å². The van der Waals surface area contributed by atoms with Crippen molar-refractivity contribution in [2.45, 2.75) is 80.7 Å². The van der Waals surface area contributed by atoms with Crippen molar-refractivity contribution in [3.05, 3.63) is 47.0 Å². The van der Waals surface area contributed by atoms with Gasteiger partial charge in [0, 0.05) is 6.07 Å². The summed E-state index contributed by atoms with van der Waals surface area (Å²) >= 11 is 0. The highest BCUT2D eigenvalue weighted by molar-refractivity contribution is 6.03. The number of aliphatic hydroxyl groups is 6. The zero-order valence-corrected chi connectivity index (χ0v) is 21.7. The van der Waals surface area contributed by atoms with Crippen LogP contribution in [0.15, 0.2) is 30.3 Å². The highest BCUT2D eigenvalue weighted by atomic mass is 16.7. The monoisotopic (exact) mass is 580 g/mol. The molecule has 2 aromatic rings. The first-order chi connectivity index (χ1) is 19.4. The second-order valence-corrected chi connectivity index (χ2v) is 10.4. The first-order valence-electron chi connectivity index (χ1n) is 13.0. The van der Waals surface area contributed by atoms with Gasteiger partial charge in [-0.1, -0.05) is 12.1 Å². The Labute approximate surface area is 233 Å². The second kappa shape index (κ2) is 11.3. The summed E-state index contributed by atoms with van der Waals surface area (Å²) in [7, 11) is 0. The number of ketones is 1. The lowest BCUT2D eigenvalue weighted by molar-refractivity contribution is -0.338. The van der Waals surface area contributed by atoms with Crippen LogP contribution in [0.5, 0.6) is 23.0 Å². The number of ether oxygens (including phenoxy) is 4. The van der Waals surface area contributed by atoms with Crippen molar-refractivity contribution < 1.29 is 69.7 Å². The van der Waals surface area contributed by atoms with Gasteiger partial charge < -0.3 is 64.9 Å². The van der Waals surface area contributed by atoms with Gasteiger partial charge in [-0.3, -0.25) is 4.79 Å². The van der Waals surface area contributed by atoms with E-state index in [4.69, 9.17) is 18.9 Å². The Kier molecular flexibility index (Phi) is 8.13. The summed E-state index contributed by atoms with van der Waals surface area (Å²) in [6.45, 7) is 0.616. The van der Waals surface area contributed by atoms with Crippen LogP contribution in [-0.4, -0.2) is 113 Å². The number of aliphatic hydroxyl groups excluding tert-OH is 6. The Morgan fingerprint density at radius 2 is 1.59 bits per heavy atom. The van der Waals surface area contributed by atoms with E-state index in [9.17, 15) is 50.8 Å². The number of fused-ring (bicyclic) bond motifs is 1. The van der Waals surface area contributed by atoms with Gasteiger partial charge in [0.25, 0.3) is 0 Å². The molecule has 0 radical (unpaired) electrons. The molecule has 224 valence electrons. The fourth-order valence-electron chi connectivity index (χ4n) is 5.39. The lowest BCUT2D eigenvalue weighted by atomic mass is 9.87. The van der Waals surface area contributed by atoms with E-state index in [1.807, 2.05) is 0 Å². The van der Waals surface area contributed by atoms with Crippen molar-refractivity contribution >= 4 is 5.78 Å². The molecule has 2 aromatic carbocycles. The van der Waals surface area contributed by atoms with E-state index in [0.29, 0.717) is 5.56 Å². The highest BCUT2D eigenvalue weighted by Crippen LogP contribution is 2.50. The molecule has 3 aliphatic heterocycles. The van der Waals surface area contributed by atoms with E-state index >= 15 is 0 Å². The van der Waals surface area contributed by atoms with Crippen LogP contribution < -0.4 is 4.74 Å². The SMILES string of the molecule is CC1OC(OC2C(c3c(O)cc4c(c3O)C(=O)CC(c3ccc(O)cc3)O4)OC(CO)C(O)C2O)C(O)C(O)C1O. The predicted octanol–water partition coefficient (Wildman–Crippen LogP) is -1.12. The molecule has 0 spiro atoms. The molecule has 3 aliphatic rings. The van der Waals surface area contributed by atoms with E-state index in [1.165, 1.54) is 19.1 Å². The number of carbonyl (C=O) groups excluding carboxylic acids is 1. The highest BCUT2D eigenvalue weighted by Gasteiger charge is 2.52. The third-order valence-electron chi connectivity index (χ3n) is 7.72. The first-order valence-corrected chi connectivity index (χ1v) is 13.0. The molecule has 2 fully saturated rings. The Bertz CT molecular complexity index is 1270. The number of phenols is 3. The molecule has 41 heavy (non-hydrogen) atoms.